The van der Waals surface area contributed by atoms with E-state index in [2.05, 4.69) is 11.6 Å². The highest BCUT2D eigenvalue weighted by Crippen LogP contribution is 1.92. The summed E-state index contributed by atoms with van der Waals surface area (Å²) in [5.41, 5.74) is 5.13. The van der Waals surface area contributed by atoms with Crippen LogP contribution in [0, 0.1) is 0 Å². The van der Waals surface area contributed by atoms with Gasteiger partial charge in [-0.05, 0) is 6.42 Å². The van der Waals surface area contributed by atoms with Crippen molar-refractivity contribution >= 4 is 10.0 Å². The Morgan fingerprint density at radius 1 is 1.33 bits per heavy atom. The summed E-state index contributed by atoms with van der Waals surface area (Å²) < 4.78 is 24.5. The van der Waals surface area contributed by atoms with Crippen LogP contribution in [0.5, 0.6) is 0 Å². The van der Waals surface area contributed by atoms with Crippen LogP contribution in [-0.4, -0.2) is 27.3 Å². The topological polar surface area (TPSA) is 72.2 Å². The first kappa shape index (κ1) is 11.9. The van der Waals surface area contributed by atoms with Crippen molar-refractivity contribution in [3.05, 3.63) is 0 Å². The zero-order chi connectivity index (χ0) is 9.45. The molecule has 5 heteroatoms. The van der Waals surface area contributed by atoms with Crippen LogP contribution >= 0.6 is 0 Å². The summed E-state index contributed by atoms with van der Waals surface area (Å²) in [5, 5.41) is 0. The second-order valence-corrected chi connectivity index (χ2v) is 4.64. The van der Waals surface area contributed by atoms with E-state index in [1.54, 1.807) is 0 Å². The van der Waals surface area contributed by atoms with Gasteiger partial charge in [0.05, 0.1) is 5.75 Å². The molecule has 3 N–H and O–H groups in total. The van der Waals surface area contributed by atoms with E-state index >= 15 is 0 Å². The summed E-state index contributed by atoms with van der Waals surface area (Å²) in [6, 6.07) is 0. The van der Waals surface area contributed by atoms with Gasteiger partial charge in [-0.15, -0.1) is 0 Å². The predicted molar refractivity (Wildman–Crippen MR) is 50.4 cm³/mol. The average Bonchev–Trinajstić information content (AvgIpc) is 1.98. The lowest BCUT2D eigenvalue weighted by atomic mass is 10.3. The molecule has 0 aromatic heterocycles. The summed E-state index contributed by atoms with van der Waals surface area (Å²) in [5.74, 6) is 0.0269. The first-order valence-corrected chi connectivity index (χ1v) is 5.95. The van der Waals surface area contributed by atoms with Crippen molar-refractivity contribution in [3.8, 4) is 0 Å². The van der Waals surface area contributed by atoms with Crippen molar-refractivity contribution in [2.24, 2.45) is 5.73 Å². The first-order chi connectivity index (χ1) is 5.62. The fourth-order valence-electron chi connectivity index (χ4n) is 0.830. The standard InChI is InChI=1S/C7H18N2O2S/c1-2-3-4-6-9-12(10,11)7-5-8/h9H,2-8H2,1H3. The molecule has 4 nitrogen and oxygen atoms in total. The van der Waals surface area contributed by atoms with Crippen molar-refractivity contribution in [1.82, 2.24) is 4.72 Å². The maximum Gasteiger partial charge on any atom is 0.212 e. The van der Waals surface area contributed by atoms with Crippen molar-refractivity contribution in [2.75, 3.05) is 18.8 Å². The molecule has 0 aromatic carbocycles. The van der Waals surface area contributed by atoms with Gasteiger partial charge >= 0.3 is 0 Å². The molecule has 0 heterocycles. The highest BCUT2D eigenvalue weighted by atomic mass is 32.2. The molecule has 0 radical (unpaired) electrons. The van der Waals surface area contributed by atoms with Gasteiger partial charge in [0.25, 0.3) is 0 Å². The average molecular weight is 194 g/mol. The van der Waals surface area contributed by atoms with E-state index in [0.29, 0.717) is 6.54 Å². The van der Waals surface area contributed by atoms with E-state index < -0.39 is 10.0 Å². The largest absolute Gasteiger partial charge is 0.329 e. The van der Waals surface area contributed by atoms with E-state index in [9.17, 15) is 8.42 Å². The summed E-state index contributed by atoms with van der Waals surface area (Å²) in [6.07, 6.45) is 3.06. The fraction of sp³-hybridized carbons (Fsp3) is 1.00. The Morgan fingerprint density at radius 3 is 2.50 bits per heavy atom. The molecule has 0 spiro atoms. The Balaban J connectivity index is 3.48. The van der Waals surface area contributed by atoms with Gasteiger partial charge in [-0.1, -0.05) is 19.8 Å². The molecule has 0 fully saturated rings. The van der Waals surface area contributed by atoms with Crippen LogP contribution < -0.4 is 10.5 Å². The molecule has 0 rings (SSSR count). The number of hydrogen-bond donors (Lipinski definition) is 2. The van der Waals surface area contributed by atoms with Gasteiger partial charge in [-0.2, -0.15) is 0 Å². The normalized spacial score (nSPS) is 11.8. The van der Waals surface area contributed by atoms with Gasteiger partial charge in [0.1, 0.15) is 0 Å². The molecule has 0 aliphatic carbocycles. The number of unbranched alkanes of at least 4 members (excludes halogenated alkanes) is 2. The highest BCUT2D eigenvalue weighted by Gasteiger charge is 2.06. The Hall–Kier alpha value is -0.130. The molecule has 0 aliphatic heterocycles. The second-order valence-electron chi connectivity index (χ2n) is 2.71. The zero-order valence-corrected chi connectivity index (χ0v) is 8.36. The molecule has 0 bridgehead atoms. The van der Waals surface area contributed by atoms with Crippen molar-refractivity contribution in [3.63, 3.8) is 0 Å². The van der Waals surface area contributed by atoms with Crippen LogP contribution in [0.2, 0.25) is 0 Å². The van der Waals surface area contributed by atoms with Gasteiger partial charge in [0.15, 0.2) is 0 Å². The Morgan fingerprint density at radius 2 is 2.00 bits per heavy atom. The van der Waals surface area contributed by atoms with Gasteiger partial charge in [-0.25, -0.2) is 13.1 Å². The third-order valence-corrected chi connectivity index (χ3v) is 2.91. The highest BCUT2D eigenvalue weighted by molar-refractivity contribution is 7.89. The molecule has 0 saturated heterocycles. The second kappa shape index (κ2) is 6.39. The van der Waals surface area contributed by atoms with Crippen molar-refractivity contribution in [1.29, 1.82) is 0 Å². The number of hydrogen-bond acceptors (Lipinski definition) is 3. The van der Waals surface area contributed by atoms with Crippen molar-refractivity contribution < 1.29 is 8.42 Å². The van der Waals surface area contributed by atoms with Crippen LogP contribution in [0.25, 0.3) is 0 Å². The minimum Gasteiger partial charge on any atom is -0.329 e. The molecular formula is C7H18N2O2S. The van der Waals surface area contributed by atoms with E-state index in [4.69, 9.17) is 5.73 Å². The molecule has 0 unspecified atom stereocenters. The molecule has 0 aliphatic rings. The lowest BCUT2D eigenvalue weighted by Gasteiger charge is -2.03. The van der Waals surface area contributed by atoms with E-state index in [1.165, 1.54) is 0 Å². The predicted octanol–water partition coefficient (Wildman–Crippen LogP) is 0.0547. The van der Waals surface area contributed by atoms with Crippen LogP contribution in [0.15, 0.2) is 0 Å². The van der Waals surface area contributed by atoms with Gasteiger partial charge < -0.3 is 5.73 Å². The summed E-state index contributed by atoms with van der Waals surface area (Å²) in [7, 11) is -3.09. The monoisotopic (exact) mass is 194 g/mol. The SMILES string of the molecule is CCCCCNS(=O)(=O)CCN. The number of nitrogens with two attached hydrogens (primary N) is 1. The van der Waals surface area contributed by atoms with E-state index in [1.807, 2.05) is 0 Å². The van der Waals surface area contributed by atoms with Crippen LogP contribution in [0.1, 0.15) is 26.2 Å². The Labute approximate surface area is 74.6 Å². The molecule has 0 amide bonds. The third-order valence-electron chi connectivity index (χ3n) is 1.49. The minimum absolute atomic E-state index is 0.0269. The van der Waals surface area contributed by atoms with Crippen LogP contribution in [0.4, 0.5) is 0 Å². The van der Waals surface area contributed by atoms with E-state index in [-0.39, 0.29) is 12.3 Å². The smallest absolute Gasteiger partial charge is 0.212 e. The quantitative estimate of drug-likeness (QED) is 0.563. The summed E-state index contributed by atoms with van der Waals surface area (Å²) >= 11 is 0. The first-order valence-electron chi connectivity index (χ1n) is 4.30. The lowest BCUT2D eigenvalue weighted by Crippen LogP contribution is -2.30. The van der Waals surface area contributed by atoms with Crippen LogP contribution in [-0.2, 0) is 10.0 Å². The Bertz CT molecular complexity index is 190. The molecule has 0 atom stereocenters. The van der Waals surface area contributed by atoms with Gasteiger partial charge in [0, 0.05) is 13.1 Å². The molecule has 12 heavy (non-hydrogen) atoms. The summed E-state index contributed by atoms with van der Waals surface area (Å²) in [6.45, 7) is 2.80. The van der Waals surface area contributed by atoms with Crippen LogP contribution in [0.3, 0.4) is 0 Å². The molecular weight excluding hydrogens is 176 g/mol. The summed E-state index contributed by atoms with van der Waals surface area (Å²) in [4.78, 5) is 0. The molecule has 74 valence electrons. The maximum atomic E-state index is 11.0. The number of sulfonamides is 1. The third kappa shape index (κ3) is 6.57. The Kier molecular flexibility index (Phi) is 6.32. The molecule has 0 aromatic rings. The van der Waals surface area contributed by atoms with E-state index in [0.717, 1.165) is 19.3 Å². The zero-order valence-electron chi connectivity index (χ0n) is 7.54. The van der Waals surface area contributed by atoms with Gasteiger partial charge in [0.2, 0.25) is 10.0 Å². The maximum absolute atomic E-state index is 11.0. The molecule has 0 saturated carbocycles. The minimum atomic E-state index is -3.09. The number of nitrogens with one attached hydrogen (secondary N) is 1. The van der Waals surface area contributed by atoms with Gasteiger partial charge in [-0.3, -0.25) is 0 Å². The van der Waals surface area contributed by atoms with Crippen molar-refractivity contribution in [2.45, 2.75) is 26.2 Å². The fourth-order valence-corrected chi connectivity index (χ4v) is 1.74. The number of rotatable bonds is 7. The lowest BCUT2D eigenvalue weighted by molar-refractivity contribution is 0.576.